The maximum Gasteiger partial charge on any atom is 0.164 e. The molecule has 0 fully saturated rings. The summed E-state index contributed by atoms with van der Waals surface area (Å²) >= 11 is 8.11. The molecule has 0 aliphatic heterocycles. The molecule has 4 rings (SSSR count). The van der Waals surface area contributed by atoms with Crippen LogP contribution in [0.25, 0.3) is 32.5 Å². The number of ketones is 1. The first-order valence-electron chi connectivity index (χ1n) is 16.0. The largest absolute Gasteiger partial charge is 0.512 e. The van der Waals surface area contributed by atoms with Crippen molar-refractivity contribution in [2.24, 2.45) is 10.8 Å². The maximum atomic E-state index is 12.2. The molecule has 0 bridgehead atoms. The van der Waals surface area contributed by atoms with Crippen LogP contribution < -0.4 is 0 Å². The summed E-state index contributed by atoms with van der Waals surface area (Å²) in [6.07, 6.45) is 8.23. The van der Waals surface area contributed by atoms with Crippen LogP contribution >= 0.6 is 35.7 Å². The molecule has 0 aliphatic rings. The summed E-state index contributed by atoms with van der Waals surface area (Å²) in [7, 11) is 0. The average molecular weight is 866 g/mol. The number of hydrogen-bond donors (Lipinski definition) is 2. The number of benzene rings is 2. The Balaban J connectivity index is 0.000000370. The molecule has 2 aromatic heterocycles. The van der Waals surface area contributed by atoms with Gasteiger partial charge in [0.05, 0.1) is 0 Å². The molecule has 47 heavy (non-hydrogen) atoms. The molecular weight excluding hydrogens is 817 g/mol. The zero-order valence-electron chi connectivity index (χ0n) is 29.2. The van der Waals surface area contributed by atoms with Gasteiger partial charge in [0.25, 0.3) is 0 Å². The molecule has 2 aromatic carbocycles. The molecule has 1 N–H and O–H groups in total. The molecule has 4 nitrogen and oxygen atoms in total. The Kier molecular flexibility index (Phi) is 15.2. The number of allylic oxidation sites excluding steroid dienone is 2. The molecule has 8 heteroatoms. The summed E-state index contributed by atoms with van der Waals surface area (Å²) in [6, 6.07) is 14.0. The summed E-state index contributed by atoms with van der Waals surface area (Å²) in [5.41, 5.74) is 4.51. The fraction of sp³-hybridized carbons (Fsp3) is 0.410. The summed E-state index contributed by atoms with van der Waals surface area (Å²) < 4.78 is 1.23. The minimum absolute atomic E-state index is 0. The van der Waals surface area contributed by atoms with Gasteiger partial charge >= 0.3 is 0 Å². The van der Waals surface area contributed by atoms with Crippen molar-refractivity contribution in [3.05, 3.63) is 83.7 Å². The second-order valence-corrected chi connectivity index (χ2v) is 15.6. The topological polar surface area (TPSA) is 63.1 Å². The molecule has 0 aliphatic carbocycles. The van der Waals surface area contributed by atoms with Gasteiger partial charge in [0.1, 0.15) is 12.1 Å². The second kappa shape index (κ2) is 17.4. The number of carbonyl (C=O) groups excluding carboxylic acids is 1. The van der Waals surface area contributed by atoms with Gasteiger partial charge in [-0.05, 0) is 76.9 Å². The van der Waals surface area contributed by atoms with Crippen LogP contribution in [0.1, 0.15) is 93.6 Å². The van der Waals surface area contributed by atoms with Crippen LogP contribution in [0, 0.1) is 16.9 Å². The summed E-state index contributed by atoms with van der Waals surface area (Å²) in [5, 5.41) is 15.3. The molecule has 0 spiro atoms. The number of aliphatic hydroxyl groups excluding tert-OH is 1. The Bertz CT molecular complexity index is 1700. The standard InChI is InChI=1S/C24H21N2S3.C15H28O2.Ir/c1-5-28-21-8-6-15(12-18(21)24(2,3)4)23-17(13-25-14-26-23)22-16-10-11-29-20(16)9-7-19(22)27;1-7-14(5,8-2)12(16)11-13(17)15(6,9-3)10-4;/h5,7-14,27H,1H2,2-4H3;11,16H,7-10H2,1-6H3;/q-1;;/b;12-11-;. The van der Waals surface area contributed by atoms with E-state index in [2.05, 4.69) is 67.0 Å². The van der Waals surface area contributed by atoms with Crippen LogP contribution in [0.4, 0.5) is 0 Å². The van der Waals surface area contributed by atoms with E-state index in [9.17, 15) is 9.90 Å². The molecule has 1 radical (unpaired) electrons. The number of thiol groups is 1. The van der Waals surface area contributed by atoms with E-state index in [1.165, 1.54) is 26.6 Å². The molecule has 0 saturated heterocycles. The number of hydrogen-bond acceptors (Lipinski definition) is 7. The molecule has 255 valence electrons. The monoisotopic (exact) mass is 866 g/mol. The predicted molar refractivity (Wildman–Crippen MR) is 202 cm³/mol. The van der Waals surface area contributed by atoms with Crippen LogP contribution in [0.15, 0.2) is 81.8 Å². The number of rotatable bonds is 11. The Morgan fingerprint density at radius 1 is 1.04 bits per heavy atom. The predicted octanol–water partition coefficient (Wildman–Crippen LogP) is 12.3. The van der Waals surface area contributed by atoms with Crippen LogP contribution in [0.5, 0.6) is 0 Å². The number of thiophene rings is 1. The van der Waals surface area contributed by atoms with Crippen LogP contribution in [-0.4, -0.2) is 20.9 Å². The quantitative estimate of drug-likeness (QED) is 0.0517. The summed E-state index contributed by atoms with van der Waals surface area (Å²) in [6.45, 7) is 22.6. The second-order valence-electron chi connectivity index (χ2n) is 13.2. The fourth-order valence-corrected chi connectivity index (χ4v) is 7.02. The van der Waals surface area contributed by atoms with E-state index in [1.807, 2.05) is 65.3 Å². The number of aliphatic hydroxyl groups is 1. The van der Waals surface area contributed by atoms with Gasteiger partial charge in [0, 0.05) is 58.2 Å². The first-order valence-corrected chi connectivity index (χ1v) is 18.2. The normalized spacial score (nSPS) is 12.3. The van der Waals surface area contributed by atoms with Crippen molar-refractivity contribution in [3.63, 3.8) is 0 Å². The molecule has 4 aromatic rings. The van der Waals surface area contributed by atoms with E-state index in [0.717, 1.165) is 53.0 Å². The third-order valence-electron chi connectivity index (χ3n) is 9.38. The van der Waals surface area contributed by atoms with E-state index in [1.54, 1.807) is 29.4 Å². The van der Waals surface area contributed by atoms with Gasteiger partial charge in [0.15, 0.2) is 5.78 Å². The zero-order valence-corrected chi connectivity index (χ0v) is 34.1. The van der Waals surface area contributed by atoms with Crippen molar-refractivity contribution in [1.29, 1.82) is 0 Å². The Labute approximate surface area is 309 Å². The number of fused-ring (bicyclic) bond motifs is 1. The van der Waals surface area contributed by atoms with E-state index >= 15 is 0 Å². The van der Waals surface area contributed by atoms with Crippen molar-refractivity contribution >= 4 is 51.6 Å². The van der Waals surface area contributed by atoms with Gasteiger partial charge in [-0.3, -0.25) is 9.78 Å². The average Bonchev–Trinajstić information content (AvgIpc) is 3.53. The minimum atomic E-state index is -0.337. The van der Waals surface area contributed by atoms with Gasteiger partial charge < -0.3 is 5.11 Å². The minimum Gasteiger partial charge on any atom is -0.512 e. The van der Waals surface area contributed by atoms with E-state index in [0.29, 0.717) is 0 Å². The van der Waals surface area contributed by atoms with Gasteiger partial charge in [-0.15, -0.1) is 53.3 Å². The van der Waals surface area contributed by atoms with Crippen molar-refractivity contribution in [2.45, 2.75) is 103 Å². The zero-order chi connectivity index (χ0) is 34.3. The summed E-state index contributed by atoms with van der Waals surface area (Å²) in [4.78, 5) is 23.2. The Hall–Kier alpha value is -2.22. The fourth-order valence-electron chi connectivity index (χ4n) is 5.11. The SMILES string of the molecule is C=CSc1c[c-]c(-c2ncncc2-c2c(S)ccc3sccc23)cc1C(C)(C)C.CCC(C)(CC)C(=O)/C=C(\O)C(C)(CC)CC.[Ir]. The Morgan fingerprint density at radius 3 is 2.26 bits per heavy atom. The molecule has 0 saturated carbocycles. The van der Waals surface area contributed by atoms with E-state index < -0.39 is 0 Å². The molecular formula is C39H49IrN2O2S3-. The third-order valence-corrected chi connectivity index (χ3v) is 11.4. The Morgan fingerprint density at radius 2 is 1.68 bits per heavy atom. The van der Waals surface area contributed by atoms with Crippen LogP contribution in [0.2, 0.25) is 0 Å². The number of carbonyl (C=O) groups is 1. The maximum absolute atomic E-state index is 12.2. The molecule has 2 heterocycles. The first kappa shape index (κ1) is 41.0. The van der Waals surface area contributed by atoms with Gasteiger partial charge in [-0.2, -0.15) is 11.8 Å². The first-order chi connectivity index (χ1) is 21.7. The third kappa shape index (κ3) is 9.48. The van der Waals surface area contributed by atoms with Crippen LogP contribution in [-0.2, 0) is 30.3 Å². The molecule has 0 atom stereocenters. The number of nitrogens with zero attached hydrogens (tertiary/aromatic N) is 2. The molecule has 0 amide bonds. The van der Waals surface area contributed by atoms with Gasteiger partial charge in [0.2, 0.25) is 0 Å². The van der Waals surface area contributed by atoms with E-state index in [4.69, 9.17) is 12.6 Å². The molecule has 0 unspecified atom stereocenters. The van der Waals surface area contributed by atoms with Crippen LogP contribution in [0.3, 0.4) is 0 Å². The van der Waals surface area contributed by atoms with Crippen molar-refractivity contribution in [2.75, 3.05) is 0 Å². The smallest absolute Gasteiger partial charge is 0.164 e. The van der Waals surface area contributed by atoms with Gasteiger partial charge in [-0.25, -0.2) is 4.98 Å². The van der Waals surface area contributed by atoms with E-state index in [-0.39, 0.29) is 47.9 Å². The number of aromatic nitrogens is 2. The van der Waals surface area contributed by atoms with Crippen molar-refractivity contribution in [3.8, 4) is 22.4 Å². The van der Waals surface area contributed by atoms with Gasteiger partial charge in [-0.1, -0.05) is 73.8 Å². The van der Waals surface area contributed by atoms with Crippen molar-refractivity contribution in [1.82, 2.24) is 9.97 Å². The number of thioether (sulfide) groups is 1. The van der Waals surface area contributed by atoms with Crippen molar-refractivity contribution < 1.29 is 30.0 Å². The summed E-state index contributed by atoms with van der Waals surface area (Å²) in [5.74, 6) is 0.286.